The number of anilines is 2. The van der Waals surface area contributed by atoms with Crippen LogP contribution in [0.4, 0.5) is 11.6 Å². The van der Waals surface area contributed by atoms with Gasteiger partial charge in [0.15, 0.2) is 5.69 Å². The molecule has 0 saturated carbocycles. The topological polar surface area (TPSA) is 121 Å². The van der Waals surface area contributed by atoms with Crippen molar-refractivity contribution in [1.29, 1.82) is 0 Å². The standard InChI is InChI=1S/C5H6N4O3/c6-5-8-3(11)2(7-1-10)4(12)9-5/h1H,(H,7,10)(H4,6,8,9,11,12). The highest BCUT2D eigenvalue weighted by Crippen LogP contribution is 2.28. The van der Waals surface area contributed by atoms with Crippen molar-refractivity contribution in [3.8, 4) is 11.8 Å². The van der Waals surface area contributed by atoms with E-state index in [2.05, 4.69) is 9.97 Å². The summed E-state index contributed by atoms with van der Waals surface area (Å²) in [6.07, 6.45) is 0.272. The molecule has 0 unspecified atom stereocenters. The summed E-state index contributed by atoms with van der Waals surface area (Å²) in [5.41, 5.74) is 4.80. The number of carbonyl (C=O) groups is 1. The minimum absolute atomic E-state index is 0.265. The highest BCUT2D eigenvalue weighted by atomic mass is 16.3. The number of amides is 1. The van der Waals surface area contributed by atoms with Crippen molar-refractivity contribution in [3.63, 3.8) is 0 Å². The molecule has 7 heteroatoms. The number of nitrogens with one attached hydrogen (secondary N) is 1. The molecule has 1 amide bonds. The molecule has 0 bridgehead atoms. The molecule has 7 nitrogen and oxygen atoms in total. The Labute approximate surface area is 66.9 Å². The fraction of sp³-hybridized carbons (Fsp3) is 0. The summed E-state index contributed by atoms with van der Waals surface area (Å²) in [5, 5.41) is 20.0. The van der Waals surface area contributed by atoms with Gasteiger partial charge in [-0.3, -0.25) is 4.79 Å². The maximum absolute atomic E-state index is 9.94. The number of aromatic hydroxyl groups is 2. The Balaban J connectivity index is 3.18. The Kier molecular flexibility index (Phi) is 1.95. The summed E-state index contributed by atoms with van der Waals surface area (Å²) < 4.78 is 0. The first-order valence-corrected chi connectivity index (χ1v) is 2.90. The lowest BCUT2D eigenvalue weighted by molar-refractivity contribution is -0.105. The molecular formula is C5H6N4O3. The van der Waals surface area contributed by atoms with Crippen LogP contribution < -0.4 is 11.1 Å². The molecule has 1 aromatic rings. The number of nitrogen functional groups attached to an aromatic ring is 1. The molecule has 1 rings (SSSR count). The average molecular weight is 170 g/mol. The van der Waals surface area contributed by atoms with Crippen molar-refractivity contribution in [3.05, 3.63) is 0 Å². The van der Waals surface area contributed by atoms with Crippen LogP contribution in [-0.4, -0.2) is 26.6 Å². The first kappa shape index (κ1) is 8.05. The maximum atomic E-state index is 9.94. The summed E-state index contributed by atoms with van der Waals surface area (Å²) >= 11 is 0. The van der Waals surface area contributed by atoms with Gasteiger partial charge in [-0.15, -0.1) is 0 Å². The molecule has 1 heterocycles. The minimum atomic E-state index is -0.577. The lowest BCUT2D eigenvalue weighted by atomic mass is 10.5. The number of hydrogen-bond acceptors (Lipinski definition) is 6. The van der Waals surface area contributed by atoms with Crippen molar-refractivity contribution in [2.45, 2.75) is 0 Å². The molecule has 64 valence electrons. The Morgan fingerprint density at radius 1 is 1.33 bits per heavy atom. The summed E-state index contributed by atoms with van der Waals surface area (Å²) in [4.78, 5) is 16.5. The Bertz CT molecular complexity index is 291. The molecule has 5 N–H and O–H groups in total. The van der Waals surface area contributed by atoms with Gasteiger partial charge in [0.1, 0.15) is 0 Å². The van der Waals surface area contributed by atoms with Gasteiger partial charge in [-0.25, -0.2) is 0 Å². The Morgan fingerprint density at radius 3 is 2.25 bits per heavy atom. The predicted octanol–water partition coefficient (Wildman–Crippen LogP) is -0.962. The number of nitrogens with zero attached hydrogens (tertiary/aromatic N) is 2. The maximum Gasteiger partial charge on any atom is 0.244 e. The second-order valence-electron chi connectivity index (χ2n) is 1.87. The van der Waals surface area contributed by atoms with Crippen LogP contribution in [-0.2, 0) is 4.79 Å². The third-order valence-electron chi connectivity index (χ3n) is 1.09. The smallest absolute Gasteiger partial charge is 0.244 e. The van der Waals surface area contributed by atoms with Crippen LogP contribution in [0.15, 0.2) is 0 Å². The van der Waals surface area contributed by atoms with Crippen LogP contribution in [0.3, 0.4) is 0 Å². The first-order valence-electron chi connectivity index (χ1n) is 2.90. The molecular weight excluding hydrogens is 164 g/mol. The number of aromatic nitrogens is 2. The van der Waals surface area contributed by atoms with Gasteiger partial charge < -0.3 is 21.3 Å². The van der Waals surface area contributed by atoms with Crippen LogP contribution in [0.2, 0.25) is 0 Å². The van der Waals surface area contributed by atoms with E-state index in [1.807, 2.05) is 5.32 Å². The average Bonchev–Trinajstić information content (AvgIpc) is 1.96. The Morgan fingerprint density at radius 2 is 1.83 bits per heavy atom. The molecule has 0 aliphatic carbocycles. The quantitative estimate of drug-likeness (QED) is 0.424. The third-order valence-corrected chi connectivity index (χ3v) is 1.09. The largest absolute Gasteiger partial charge is 0.492 e. The van der Waals surface area contributed by atoms with Gasteiger partial charge >= 0.3 is 0 Å². The van der Waals surface area contributed by atoms with Gasteiger partial charge in [0.05, 0.1) is 0 Å². The van der Waals surface area contributed by atoms with Crippen molar-refractivity contribution in [2.75, 3.05) is 11.1 Å². The Hall–Kier alpha value is -2.05. The van der Waals surface area contributed by atoms with E-state index < -0.39 is 11.8 Å². The van der Waals surface area contributed by atoms with E-state index in [0.717, 1.165) is 0 Å². The van der Waals surface area contributed by atoms with Crippen molar-refractivity contribution in [2.24, 2.45) is 0 Å². The molecule has 0 aromatic carbocycles. The summed E-state index contributed by atoms with van der Waals surface area (Å²) in [6.45, 7) is 0. The zero-order valence-electron chi connectivity index (χ0n) is 5.85. The summed E-state index contributed by atoms with van der Waals surface area (Å²) in [7, 11) is 0. The number of rotatable bonds is 2. The number of nitrogens with two attached hydrogens (primary N) is 1. The van der Waals surface area contributed by atoms with Crippen LogP contribution in [0.25, 0.3) is 0 Å². The molecule has 12 heavy (non-hydrogen) atoms. The van der Waals surface area contributed by atoms with E-state index in [0.29, 0.717) is 0 Å². The lowest BCUT2D eigenvalue weighted by Crippen LogP contribution is -2.01. The fourth-order valence-corrected chi connectivity index (χ4v) is 0.642. The summed E-state index contributed by atoms with van der Waals surface area (Å²) in [5.74, 6) is -1.43. The van der Waals surface area contributed by atoms with Crippen LogP contribution in [0, 0.1) is 0 Å². The third kappa shape index (κ3) is 1.34. The monoisotopic (exact) mass is 170 g/mol. The van der Waals surface area contributed by atoms with E-state index in [9.17, 15) is 4.79 Å². The lowest BCUT2D eigenvalue weighted by Gasteiger charge is -2.03. The van der Waals surface area contributed by atoms with Crippen LogP contribution in [0.5, 0.6) is 11.8 Å². The van der Waals surface area contributed by atoms with E-state index >= 15 is 0 Å². The zero-order valence-corrected chi connectivity index (χ0v) is 5.85. The predicted molar refractivity (Wildman–Crippen MR) is 39.5 cm³/mol. The van der Waals surface area contributed by atoms with Gasteiger partial charge in [0.25, 0.3) is 0 Å². The van der Waals surface area contributed by atoms with Gasteiger partial charge in [-0.1, -0.05) is 0 Å². The molecule has 0 saturated heterocycles. The van der Waals surface area contributed by atoms with E-state index in [1.165, 1.54) is 0 Å². The fourth-order valence-electron chi connectivity index (χ4n) is 0.642. The van der Waals surface area contributed by atoms with E-state index in [4.69, 9.17) is 15.9 Å². The van der Waals surface area contributed by atoms with Crippen molar-refractivity contribution < 1.29 is 15.0 Å². The van der Waals surface area contributed by atoms with Crippen molar-refractivity contribution >= 4 is 18.0 Å². The second kappa shape index (κ2) is 2.91. The molecule has 0 radical (unpaired) electrons. The number of carbonyl (C=O) groups excluding carboxylic acids is 1. The molecule has 1 aromatic heterocycles. The van der Waals surface area contributed by atoms with Gasteiger partial charge in [0, 0.05) is 0 Å². The van der Waals surface area contributed by atoms with Gasteiger partial charge in [-0.2, -0.15) is 9.97 Å². The first-order chi connectivity index (χ1) is 5.65. The molecule has 0 fully saturated rings. The van der Waals surface area contributed by atoms with E-state index in [1.54, 1.807) is 0 Å². The van der Waals surface area contributed by atoms with Crippen LogP contribution in [0.1, 0.15) is 0 Å². The molecule has 0 atom stereocenters. The normalized spacial score (nSPS) is 9.33. The molecule has 0 aliphatic rings. The second-order valence-corrected chi connectivity index (χ2v) is 1.87. The molecule has 0 spiro atoms. The SMILES string of the molecule is Nc1nc(O)c(NC=O)c(O)n1. The minimum Gasteiger partial charge on any atom is -0.492 e. The molecule has 0 aliphatic heterocycles. The van der Waals surface area contributed by atoms with Crippen molar-refractivity contribution in [1.82, 2.24) is 9.97 Å². The summed E-state index contributed by atoms with van der Waals surface area (Å²) in [6, 6.07) is 0. The zero-order chi connectivity index (χ0) is 9.14. The van der Waals surface area contributed by atoms with Gasteiger partial charge in [0.2, 0.25) is 24.1 Å². The highest BCUT2D eigenvalue weighted by molar-refractivity contribution is 5.77. The van der Waals surface area contributed by atoms with E-state index in [-0.39, 0.29) is 18.0 Å². The number of hydrogen-bond donors (Lipinski definition) is 4. The van der Waals surface area contributed by atoms with Gasteiger partial charge in [-0.05, 0) is 0 Å². The highest BCUT2D eigenvalue weighted by Gasteiger charge is 2.10. The van der Waals surface area contributed by atoms with Crippen LogP contribution >= 0.6 is 0 Å².